The number of nitrogen functional groups attached to an aromatic ring is 1. The second-order valence-corrected chi connectivity index (χ2v) is 4.71. The molecule has 0 spiro atoms. The van der Waals surface area contributed by atoms with Crippen molar-refractivity contribution in [1.82, 2.24) is 4.98 Å². The molecule has 0 amide bonds. The number of hydrogen-bond donors (Lipinski definition) is 2. The van der Waals surface area contributed by atoms with E-state index in [0.29, 0.717) is 5.69 Å². The van der Waals surface area contributed by atoms with Crippen molar-refractivity contribution in [3.05, 3.63) is 41.1 Å². The lowest BCUT2D eigenvalue weighted by atomic mass is 10.1. The Hall–Kier alpha value is -2.23. The number of hydrogen-bond acceptors (Lipinski definition) is 4. The van der Waals surface area contributed by atoms with Crippen LogP contribution in [-0.2, 0) is 0 Å². The molecule has 0 aliphatic heterocycles. The highest BCUT2D eigenvalue weighted by Gasteiger charge is 2.09. The lowest BCUT2D eigenvalue weighted by molar-refractivity contribution is 0.416. The van der Waals surface area contributed by atoms with Gasteiger partial charge in [-0.2, -0.15) is 0 Å². The highest BCUT2D eigenvalue weighted by molar-refractivity contribution is 5.70. The van der Waals surface area contributed by atoms with Gasteiger partial charge in [-0.1, -0.05) is 6.07 Å². The summed E-state index contributed by atoms with van der Waals surface area (Å²) in [4.78, 5) is 4.28. The van der Waals surface area contributed by atoms with Crippen molar-refractivity contribution in [3.63, 3.8) is 0 Å². The molecule has 3 N–H and O–H groups in total. The Bertz CT molecular complexity index is 609. The van der Waals surface area contributed by atoms with Crippen molar-refractivity contribution in [1.29, 1.82) is 0 Å². The van der Waals surface area contributed by atoms with Crippen LogP contribution in [0, 0.1) is 20.8 Å². The summed E-state index contributed by atoms with van der Waals surface area (Å²) in [7, 11) is 1.67. The van der Waals surface area contributed by atoms with E-state index in [1.165, 1.54) is 5.56 Å². The molecule has 0 atom stereocenters. The van der Waals surface area contributed by atoms with E-state index in [4.69, 9.17) is 10.5 Å². The van der Waals surface area contributed by atoms with Gasteiger partial charge in [0, 0.05) is 0 Å². The summed E-state index contributed by atoms with van der Waals surface area (Å²) < 4.78 is 5.42. The molecule has 0 saturated heterocycles. The molecule has 1 aromatic heterocycles. The summed E-state index contributed by atoms with van der Waals surface area (Å²) in [6.45, 7) is 6.05. The van der Waals surface area contributed by atoms with Gasteiger partial charge in [-0.25, -0.2) is 4.98 Å². The number of aryl methyl sites for hydroxylation is 3. The Morgan fingerprint density at radius 1 is 1.11 bits per heavy atom. The van der Waals surface area contributed by atoms with Gasteiger partial charge in [0.25, 0.3) is 0 Å². The Labute approximate surface area is 113 Å². The zero-order valence-electron chi connectivity index (χ0n) is 11.7. The summed E-state index contributed by atoms with van der Waals surface area (Å²) in [5.41, 5.74) is 10.7. The normalized spacial score (nSPS) is 10.3. The largest absolute Gasteiger partial charge is 0.495 e. The van der Waals surface area contributed by atoms with E-state index >= 15 is 0 Å². The van der Waals surface area contributed by atoms with Crippen molar-refractivity contribution >= 4 is 17.2 Å². The Morgan fingerprint density at radius 3 is 2.47 bits per heavy atom. The number of ether oxygens (including phenoxy) is 1. The highest BCUT2D eigenvalue weighted by Crippen LogP contribution is 2.32. The Morgan fingerprint density at radius 2 is 1.84 bits per heavy atom. The molecule has 0 saturated carbocycles. The van der Waals surface area contributed by atoms with Gasteiger partial charge in [0.1, 0.15) is 11.6 Å². The van der Waals surface area contributed by atoms with Crippen LogP contribution in [0.4, 0.5) is 17.2 Å². The van der Waals surface area contributed by atoms with Gasteiger partial charge in [-0.05, 0) is 49.6 Å². The van der Waals surface area contributed by atoms with Gasteiger partial charge < -0.3 is 15.8 Å². The van der Waals surface area contributed by atoms with Gasteiger partial charge in [-0.3, -0.25) is 0 Å². The average Bonchev–Trinajstić information content (AvgIpc) is 2.36. The lowest BCUT2D eigenvalue weighted by Gasteiger charge is -2.15. The van der Waals surface area contributed by atoms with Crippen molar-refractivity contribution in [2.45, 2.75) is 20.8 Å². The quantitative estimate of drug-likeness (QED) is 0.885. The molecular weight excluding hydrogens is 238 g/mol. The van der Waals surface area contributed by atoms with Gasteiger partial charge in [0.05, 0.1) is 24.7 Å². The molecule has 2 rings (SSSR count). The topological polar surface area (TPSA) is 60.2 Å². The predicted octanol–water partition coefficient (Wildman–Crippen LogP) is 3.34. The predicted molar refractivity (Wildman–Crippen MR) is 79.1 cm³/mol. The van der Waals surface area contributed by atoms with Gasteiger partial charge in [0.15, 0.2) is 0 Å². The fourth-order valence-corrected chi connectivity index (χ4v) is 2.01. The van der Waals surface area contributed by atoms with Crippen LogP contribution in [0.1, 0.15) is 16.7 Å². The first-order valence-corrected chi connectivity index (χ1v) is 6.15. The van der Waals surface area contributed by atoms with Crippen LogP contribution in [0.15, 0.2) is 24.4 Å². The molecule has 0 fully saturated rings. The van der Waals surface area contributed by atoms with Gasteiger partial charge >= 0.3 is 0 Å². The van der Waals surface area contributed by atoms with Crippen molar-refractivity contribution in [2.24, 2.45) is 0 Å². The van der Waals surface area contributed by atoms with Crippen LogP contribution in [0.5, 0.6) is 5.75 Å². The van der Waals surface area contributed by atoms with Crippen molar-refractivity contribution in [3.8, 4) is 5.75 Å². The van der Waals surface area contributed by atoms with E-state index < -0.39 is 0 Å². The van der Waals surface area contributed by atoms with E-state index in [1.54, 1.807) is 13.3 Å². The molecule has 2 aromatic rings. The maximum Gasteiger partial charge on any atom is 0.142 e. The zero-order valence-corrected chi connectivity index (χ0v) is 11.7. The second kappa shape index (κ2) is 5.18. The summed E-state index contributed by atoms with van der Waals surface area (Å²) in [6, 6.07) is 6.03. The molecule has 0 radical (unpaired) electrons. The third kappa shape index (κ3) is 2.78. The number of nitrogens with one attached hydrogen (secondary N) is 1. The fraction of sp³-hybridized carbons (Fsp3) is 0.267. The molecule has 0 bridgehead atoms. The smallest absolute Gasteiger partial charge is 0.142 e. The number of rotatable bonds is 3. The van der Waals surface area contributed by atoms with E-state index in [0.717, 1.165) is 28.4 Å². The van der Waals surface area contributed by atoms with Crippen LogP contribution >= 0.6 is 0 Å². The van der Waals surface area contributed by atoms with E-state index in [9.17, 15) is 0 Å². The summed E-state index contributed by atoms with van der Waals surface area (Å²) in [5, 5.41) is 3.30. The van der Waals surface area contributed by atoms with E-state index in [-0.39, 0.29) is 0 Å². The average molecular weight is 257 g/mol. The van der Waals surface area contributed by atoms with Crippen LogP contribution in [0.25, 0.3) is 0 Å². The van der Waals surface area contributed by atoms with E-state index in [1.807, 2.05) is 32.9 Å². The number of benzene rings is 1. The number of methoxy groups -OCH3 is 1. The van der Waals surface area contributed by atoms with Gasteiger partial charge in [0.2, 0.25) is 0 Å². The summed E-state index contributed by atoms with van der Waals surface area (Å²) in [5.74, 6) is 1.57. The van der Waals surface area contributed by atoms with Crippen LogP contribution in [0.3, 0.4) is 0 Å². The fourth-order valence-electron chi connectivity index (χ4n) is 2.01. The third-order valence-electron chi connectivity index (χ3n) is 3.07. The zero-order chi connectivity index (χ0) is 14.0. The minimum absolute atomic E-state index is 0.693. The number of anilines is 3. The number of pyridine rings is 1. The molecular formula is C15H19N3O. The molecule has 0 aliphatic carbocycles. The molecule has 0 aliphatic rings. The number of nitrogens with zero attached hydrogens (tertiary/aromatic N) is 1. The minimum Gasteiger partial charge on any atom is -0.495 e. The summed E-state index contributed by atoms with van der Waals surface area (Å²) >= 11 is 0. The SMILES string of the molecule is COc1cc(C)cc(C)c1Nc1cc(C)c(N)cn1. The van der Waals surface area contributed by atoms with Gasteiger partial charge in [-0.15, -0.1) is 0 Å². The van der Waals surface area contributed by atoms with Crippen LogP contribution in [-0.4, -0.2) is 12.1 Å². The Kier molecular flexibility index (Phi) is 3.60. The third-order valence-corrected chi connectivity index (χ3v) is 3.07. The molecule has 0 unspecified atom stereocenters. The first-order valence-electron chi connectivity index (χ1n) is 6.15. The molecule has 4 heteroatoms. The standard InChI is InChI=1S/C15H19N3O/c1-9-5-11(3)15(13(6-9)19-4)18-14-7-10(2)12(16)8-17-14/h5-8H,16H2,1-4H3,(H,17,18). The molecule has 1 aromatic carbocycles. The Balaban J connectivity index is 2.40. The van der Waals surface area contributed by atoms with Crippen LogP contribution in [0.2, 0.25) is 0 Å². The molecule has 4 nitrogen and oxygen atoms in total. The molecule has 100 valence electrons. The maximum absolute atomic E-state index is 5.77. The molecule has 19 heavy (non-hydrogen) atoms. The van der Waals surface area contributed by atoms with E-state index in [2.05, 4.69) is 16.4 Å². The number of nitrogens with two attached hydrogens (primary N) is 1. The second-order valence-electron chi connectivity index (χ2n) is 4.71. The highest BCUT2D eigenvalue weighted by atomic mass is 16.5. The summed E-state index contributed by atoms with van der Waals surface area (Å²) in [6.07, 6.45) is 1.66. The molecule has 1 heterocycles. The maximum atomic E-state index is 5.77. The number of aromatic nitrogens is 1. The van der Waals surface area contributed by atoms with Crippen molar-refractivity contribution in [2.75, 3.05) is 18.2 Å². The monoisotopic (exact) mass is 257 g/mol. The first kappa shape index (κ1) is 13.2. The lowest BCUT2D eigenvalue weighted by Crippen LogP contribution is -2.01. The minimum atomic E-state index is 0.693. The van der Waals surface area contributed by atoms with Crippen molar-refractivity contribution < 1.29 is 4.74 Å². The first-order chi connectivity index (χ1) is 9.01. The van der Waals surface area contributed by atoms with Crippen LogP contribution < -0.4 is 15.8 Å².